The Hall–Kier alpha value is -1.66. The van der Waals surface area contributed by atoms with Crippen LogP contribution < -0.4 is 5.32 Å². The van der Waals surface area contributed by atoms with Gasteiger partial charge in [0.15, 0.2) is 5.34 Å². The first-order valence-electron chi connectivity index (χ1n) is 2.49. The summed E-state index contributed by atoms with van der Waals surface area (Å²) < 4.78 is 0. The van der Waals surface area contributed by atoms with E-state index in [9.17, 15) is 9.59 Å². The molecule has 11 heavy (non-hydrogen) atoms. The summed E-state index contributed by atoms with van der Waals surface area (Å²) in [5.41, 5.74) is 0. The molecule has 64 valence electrons. The van der Waals surface area contributed by atoms with Gasteiger partial charge in [0.2, 0.25) is 6.41 Å². The second-order valence-electron chi connectivity index (χ2n) is 1.43. The number of rotatable bonds is 3. The van der Waals surface area contributed by atoms with E-state index in [0.29, 0.717) is 6.41 Å². The average Bonchev–Trinajstić information content (AvgIpc) is 1.90. The molecule has 0 aliphatic rings. The first-order chi connectivity index (χ1) is 5.09. The van der Waals surface area contributed by atoms with Gasteiger partial charge in [-0.3, -0.25) is 9.59 Å². The van der Waals surface area contributed by atoms with E-state index in [2.05, 4.69) is 5.32 Å². The van der Waals surface area contributed by atoms with Crippen LogP contribution in [0.2, 0.25) is 0 Å². The summed E-state index contributed by atoms with van der Waals surface area (Å²) >= 11 is 0. The molecular formula is C4H8N2O5. The molecule has 1 atom stereocenters. The Morgan fingerprint density at radius 1 is 1.73 bits per heavy atom. The molecule has 7 nitrogen and oxygen atoms in total. The molecule has 0 aliphatic heterocycles. The highest BCUT2D eigenvalue weighted by molar-refractivity contribution is 5.75. The Balaban J connectivity index is 0. The molecule has 0 aromatic carbocycles. The van der Waals surface area contributed by atoms with Crippen molar-refractivity contribution >= 4 is 12.4 Å². The van der Waals surface area contributed by atoms with Gasteiger partial charge in [0.1, 0.15) is 6.04 Å². The van der Waals surface area contributed by atoms with E-state index >= 15 is 0 Å². The van der Waals surface area contributed by atoms with Gasteiger partial charge in [0, 0.05) is 0 Å². The highest BCUT2D eigenvalue weighted by Crippen LogP contribution is 1.75. The monoisotopic (exact) mass is 164 g/mol. The topological polar surface area (TPSA) is 116 Å². The van der Waals surface area contributed by atoms with Gasteiger partial charge in [0.25, 0.3) is 0 Å². The second kappa shape index (κ2) is 8.34. The molecule has 0 aliphatic carbocycles. The van der Waals surface area contributed by atoms with E-state index in [1.54, 1.807) is 0 Å². The number of nitrogens with zero attached hydrogens (tertiary/aromatic N) is 1. The van der Waals surface area contributed by atoms with E-state index in [-0.39, 0.29) is 0 Å². The molecule has 1 amide bonds. The zero-order valence-corrected chi connectivity index (χ0v) is 5.72. The summed E-state index contributed by atoms with van der Waals surface area (Å²) in [6.45, 7) is 1.39. The summed E-state index contributed by atoms with van der Waals surface area (Å²) in [5, 5.41) is 18.0. The maximum absolute atomic E-state index is 9.87. The normalized spacial score (nSPS) is 9.91. The van der Waals surface area contributed by atoms with Gasteiger partial charge in [-0.15, -0.1) is 4.91 Å². The maximum atomic E-state index is 9.87. The van der Waals surface area contributed by atoms with Crippen molar-refractivity contribution in [3.8, 4) is 0 Å². The fraction of sp³-hybridized carbons (Fsp3) is 0.500. The molecule has 0 saturated heterocycles. The van der Waals surface area contributed by atoms with Crippen molar-refractivity contribution in [3.63, 3.8) is 0 Å². The van der Waals surface area contributed by atoms with Crippen LogP contribution in [0, 0.1) is 4.91 Å². The number of carboxylic acid groups (broad SMARTS) is 1. The lowest BCUT2D eigenvalue weighted by atomic mass is 10.4. The molecule has 0 rings (SSSR count). The third-order valence-electron chi connectivity index (χ3n) is 0.688. The van der Waals surface area contributed by atoms with E-state index in [1.807, 2.05) is 0 Å². The predicted molar refractivity (Wildman–Crippen MR) is 33.9 cm³/mol. The Morgan fingerprint density at radius 2 is 2.09 bits per heavy atom. The first kappa shape index (κ1) is 12.1. The molecule has 7 heteroatoms. The number of aliphatic carboxylic acids is 1. The molecule has 0 unspecified atom stereocenters. The highest BCUT2D eigenvalue weighted by Gasteiger charge is 2.06. The first-order valence-corrected chi connectivity index (χ1v) is 2.49. The number of hydrogen-bond donors (Lipinski definition) is 3. The van der Waals surface area contributed by atoms with Gasteiger partial charge in [-0.1, -0.05) is 0 Å². The number of amides is 1. The van der Waals surface area contributed by atoms with Gasteiger partial charge < -0.3 is 15.6 Å². The standard InChI is InChI=1S/C4H7NO3.HNO2/c1-3(4(7)8)5-2-6;2-1-3/h2-3H,1H3,(H,5,6)(H,7,8);(H,2,3)/t3-;/m0./s1. The molecule has 0 bridgehead atoms. The lowest BCUT2D eigenvalue weighted by Crippen LogP contribution is -2.32. The van der Waals surface area contributed by atoms with Crippen molar-refractivity contribution in [2.45, 2.75) is 13.0 Å². The van der Waals surface area contributed by atoms with Gasteiger partial charge in [-0.25, -0.2) is 0 Å². The molecule has 0 fully saturated rings. The zero-order chi connectivity index (χ0) is 9.28. The molecule has 0 radical (unpaired) electrons. The highest BCUT2D eigenvalue weighted by atomic mass is 16.6. The van der Waals surface area contributed by atoms with Gasteiger partial charge in [-0.05, 0) is 6.92 Å². The Kier molecular flexibility index (Phi) is 9.14. The molecule has 0 saturated carbocycles. The SMILES string of the molecule is C[C@H](NC=O)C(=O)O.O=NO. The summed E-state index contributed by atoms with van der Waals surface area (Å²) in [5.74, 6) is -1.03. The van der Waals surface area contributed by atoms with Gasteiger partial charge >= 0.3 is 5.97 Å². The number of carbonyl (C=O) groups excluding carboxylic acids is 1. The minimum atomic E-state index is -1.03. The van der Waals surface area contributed by atoms with E-state index < -0.39 is 12.0 Å². The van der Waals surface area contributed by atoms with Crippen molar-refractivity contribution in [1.29, 1.82) is 0 Å². The van der Waals surface area contributed by atoms with Crippen LogP contribution in [0.4, 0.5) is 0 Å². The van der Waals surface area contributed by atoms with Crippen LogP contribution in [0.3, 0.4) is 0 Å². The van der Waals surface area contributed by atoms with Gasteiger partial charge in [-0.2, -0.15) is 0 Å². The summed E-state index contributed by atoms with van der Waals surface area (Å²) in [7, 11) is 0. The Bertz CT molecular complexity index is 136. The van der Waals surface area contributed by atoms with Crippen molar-refractivity contribution in [2.75, 3.05) is 0 Å². The average molecular weight is 164 g/mol. The van der Waals surface area contributed by atoms with E-state index in [0.717, 1.165) is 0 Å². The minimum Gasteiger partial charge on any atom is -0.480 e. The van der Waals surface area contributed by atoms with Crippen LogP contribution in [0.5, 0.6) is 0 Å². The minimum absolute atomic E-state index is 0.360. The largest absolute Gasteiger partial charge is 0.480 e. The molecule has 0 aromatic heterocycles. The molecule has 0 aromatic rings. The summed E-state index contributed by atoms with van der Waals surface area (Å²) in [6.07, 6.45) is 0.360. The number of hydrogen-bond acceptors (Lipinski definition) is 4. The third kappa shape index (κ3) is 11.8. The Labute approximate surface area is 62.0 Å². The smallest absolute Gasteiger partial charge is 0.325 e. The van der Waals surface area contributed by atoms with Gasteiger partial charge in [0.05, 0.1) is 0 Å². The number of nitrogens with one attached hydrogen (secondary N) is 1. The molecule has 0 heterocycles. The van der Waals surface area contributed by atoms with Crippen molar-refractivity contribution < 1.29 is 19.9 Å². The van der Waals surface area contributed by atoms with Crippen LogP contribution in [-0.2, 0) is 9.59 Å². The van der Waals surface area contributed by atoms with Crippen molar-refractivity contribution in [1.82, 2.24) is 5.32 Å². The lowest BCUT2D eigenvalue weighted by Gasteiger charge is -2.00. The van der Waals surface area contributed by atoms with Crippen LogP contribution in [0.15, 0.2) is 5.34 Å². The molecule has 0 spiro atoms. The fourth-order valence-corrected chi connectivity index (χ4v) is 0.173. The quantitative estimate of drug-likeness (QED) is 0.291. The van der Waals surface area contributed by atoms with Crippen LogP contribution in [-0.4, -0.2) is 28.7 Å². The summed E-state index contributed by atoms with van der Waals surface area (Å²) in [6, 6.07) is -0.785. The zero-order valence-electron chi connectivity index (χ0n) is 5.72. The van der Waals surface area contributed by atoms with E-state index in [1.165, 1.54) is 12.3 Å². The number of carbonyl (C=O) groups is 2. The third-order valence-corrected chi connectivity index (χ3v) is 0.688. The molecule has 3 N–H and O–H groups in total. The van der Waals surface area contributed by atoms with E-state index in [4.69, 9.17) is 15.2 Å². The van der Waals surface area contributed by atoms with Crippen molar-refractivity contribution in [3.05, 3.63) is 4.91 Å². The number of carboxylic acids is 1. The Morgan fingerprint density at radius 3 is 2.18 bits per heavy atom. The second-order valence-corrected chi connectivity index (χ2v) is 1.43. The molecular weight excluding hydrogens is 156 g/mol. The fourth-order valence-electron chi connectivity index (χ4n) is 0.173. The maximum Gasteiger partial charge on any atom is 0.325 e. The van der Waals surface area contributed by atoms with Crippen LogP contribution >= 0.6 is 0 Å². The predicted octanol–water partition coefficient (Wildman–Crippen LogP) is -0.653. The van der Waals surface area contributed by atoms with Crippen LogP contribution in [0.1, 0.15) is 6.92 Å². The van der Waals surface area contributed by atoms with Crippen molar-refractivity contribution in [2.24, 2.45) is 5.34 Å². The summed E-state index contributed by atoms with van der Waals surface area (Å²) in [4.78, 5) is 27.5. The lowest BCUT2D eigenvalue weighted by molar-refractivity contribution is -0.140. The van der Waals surface area contributed by atoms with Crippen LogP contribution in [0.25, 0.3) is 0 Å².